The number of ether oxygens (including phenoxy) is 1. The number of thioether (sulfide) groups is 1. The van der Waals surface area contributed by atoms with Gasteiger partial charge in [-0.1, -0.05) is 12.1 Å². The molecule has 0 saturated heterocycles. The largest absolute Gasteiger partial charge is 0.454 e. The minimum absolute atomic E-state index is 0.147. The molecule has 0 unspecified atom stereocenters. The number of esters is 1. The van der Waals surface area contributed by atoms with Gasteiger partial charge in [-0.25, -0.2) is 4.39 Å². The Bertz CT molecular complexity index is 853. The number of halogens is 1. The number of ketones is 1. The lowest BCUT2D eigenvalue weighted by Gasteiger charge is -2.23. The highest BCUT2D eigenvalue weighted by Crippen LogP contribution is 2.36. The van der Waals surface area contributed by atoms with Crippen LogP contribution in [0.25, 0.3) is 0 Å². The molecule has 1 aliphatic rings. The maximum absolute atomic E-state index is 12.9. The van der Waals surface area contributed by atoms with Crippen LogP contribution >= 0.6 is 11.8 Å². The first kappa shape index (κ1) is 18.1. The van der Waals surface area contributed by atoms with Gasteiger partial charge in [0.25, 0.3) is 0 Å². The SMILES string of the molecule is C[C@H](OC(=O)C[C@H]1Sc2ccccc2NC1=O)C(=O)c1ccc(F)cc1. The number of hydrogen-bond donors (Lipinski definition) is 1. The number of rotatable bonds is 5. The van der Waals surface area contributed by atoms with Crippen LogP contribution in [0.3, 0.4) is 0 Å². The number of hydrogen-bond acceptors (Lipinski definition) is 5. The highest BCUT2D eigenvalue weighted by atomic mass is 32.2. The highest BCUT2D eigenvalue weighted by molar-refractivity contribution is 8.01. The van der Waals surface area contributed by atoms with Crippen LogP contribution in [0.5, 0.6) is 0 Å². The molecule has 7 heteroatoms. The van der Waals surface area contributed by atoms with E-state index < -0.39 is 28.9 Å². The van der Waals surface area contributed by atoms with Gasteiger partial charge in [0.15, 0.2) is 6.10 Å². The van der Waals surface area contributed by atoms with E-state index in [9.17, 15) is 18.8 Å². The molecule has 2 aromatic carbocycles. The van der Waals surface area contributed by atoms with Gasteiger partial charge in [-0.05, 0) is 43.3 Å². The Hall–Kier alpha value is -2.67. The van der Waals surface area contributed by atoms with Gasteiger partial charge in [-0.3, -0.25) is 14.4 Å². The van der Waals surface area contributed by atoms with Gasteiger partial charge in [0.1, 0.15) is 5.82 Å². The lowest BCUT2D eigenvalue weighted by Crippen LogP contribution is -2.33. The zero-order chi connectivity index (χ0) is 18.7. The third kappa shape index (κ3) is 4.11. The fraction of sp³-hybridized carbons (Fsp3) is 0.211. The van der Waals surface area contributed by atoms with Crippen molar-refractivity contribution in [1.82, 2.24) is 0 Å². The molecule has 1 N–H and O–H groups in total. The Kier molecular flexibility index (Phi) is 5.37. The van der Waals surface area contributed by atoms with E-state index in [1.54, 1.807) is 6.07 Å². The molecule has 0 bridgehead atoms. The number of nitrogens with one attached hydrogen (secondary N) is 1. The van der Waals surface area contributed by atoms with Crippen molar-refractivity contribution in [1.29, 1.82) is 0 Å². The first-order valence-electron chi connectivity index (χ1n) is 8.00. The number of Topliss-reactive ketones (excluding diaryl/α,β-unsaturated/α-hetero) is 1. The third-order valence-electron chi connectivity index (χ3n) is 3.86. The fourth-order valence-electron chi connectivity index (χ4n) is 2.53. The summed E-state index contributed by atoms with van der Waals surface area (Å²) in [5, 5.41) is 2.13. The Morgan fingerprint density at radius 3 is 2.62 bits per heavy atom. The minimum Gasteiger partial charge on any atom is -0.454 e. The zero-order valence-electron chi connectivity index (χ0n) is 13.9. The summed E-state index contributed by atoms with van der Waals surface area (Å²) in [6.45, 7) is 1.45. The molecule has 0 fully saturated rings. The van der Waals surface area contributed by atoms with Crippen molar-refractivity contribution in [2.24, 2.45) is 0 Å². The summed E-state index contributed by atoms with van der Waals surface area (Å²) in [6, 6.07) is 12.3. The first-order valence-corrected chi connectivity index (χ1v) is 8.88. The van der Waals surface area contributed by atoms with Crippen LogP contribution in [0.4, 0.5) is 10.1 Å². The maximum Gasteiger partial charge on any atom is 0.308 e. The van der Waals surface area contributed by atoms with Crippen molar-refractivity contribution < 1.29 is 23.5 Å². The predicted octanol–water partition coefficient (Wildman–Crippen LogP) is 3.44. The number of fused-ring (bicyclic) bond motifs is 1. The number of carbonyl (C=O) groups excluding carboxylic acids is 3. The lowest BCUT2D eigenvalue weighted by atomic mass is 10.1. The highest BCUT2D eigenvalue weighted by Gasteiger charge is 2.30. The van der Waals surface area contributed by atoms with Crippen LogP contribution in [0.1, 0.15) is 23.7 Å². The first-order chi connectivity index (χ1) is 12.4. The van der Waals surface area contributed by atoms with Crippen LogP contribution < -0.4 is 5.32 Å². The minimum atomic E-state index is -1.02. The van der Waals surface area contributed by atoms with Crippen LogP contribution in [0.2, 0.25) is 0 Å². The van der Waals surface area contributed by atoms with E-state index in [-0.39, 0.29) is 17.9 Å². The molecule has 2 aromatic rings. The Balaban J connectivity index is 1.59. The van der Waals surface area contributed by atoms with Crippen LogP contribution in [0.15, 0.2) is 53.4 Å². The monoisotopic (exact) mass is 373 g/mol. The standard InChI is InChI=1S/C19H16FNO4S/c1-11(18(23)12-6-8-13(20)9-7-12)25-17(22)10-16-19(24)21-14-4-2-3-5-15(14)26-16/h2-9,11,16H,10H2,1H3,(H,21,24)/t11-,16+/m0/s1. The third-order valence-corrected chi connectivity index (χ3v) is 5.14. The molecule has 1 amide bonds. The molecular weight excluding hydrogens is 357 g/mol. The fourth-order valence-corrected chi connectivity index (χ4v) is 3.62. The summed E-state index contributed by atoms with van der Waals surface area (Å²) in [5.41, 5.74) is 0.970. The van der Waals surface area contributed by atoms with Gasteiger partial charge < -0.3 is 10.1 Å². The van der Waals surface area contributed by atoms with Gasteiger partial charge in [-0.15, -0.1) is 11.8 Å². The summed E-state index contributed by atoms with van der Waals surface area (Å²) in [4.78, 5) is 37.4. The summed E-state index contributed by atoms with van der Waals surface area (Å²) in [5.74, 6) is -1.79. The average Bonchev–Trinajstić information content (AvgIpc) is 2.62. The summed E-state index contributed by atoms with van der Waals surface area (Å²) in [7, 11) is 0. The van der Waals surface area contributed by atoms with Gasteiger partial charge in [-0.2, -0.15) is 0 Å². The van der Waals surface area contributed by atoms with E-state index in [1.807, 2.05) is 18.2 Å². The molecule has 3 rings (SSSR count). The second kappa shape index (κ2) is 7.70. The smallest absolute Gasteiger partial charge is 0.308 e. The Morgan fingerprint density at radius 1 is 1.19 bits per heavy atom. The number of anilines is 1. The number of carbonyl (C=O) groups is 3. The molecule has 0 aromatic heterocycles. The molecule has 134 valence electrons. The maximum atomic E-state index is 12.9. The molecule has 0 aliphatic carbocycles. The zero-order valence-corrected chi connectivity index (χ0v) is 14.7. The average molecular weight is 373 g/mol. The summed E-state index contributed by atoms with van der Waals surface area (Å²) < 4.78 is 18.1. The Labute approximate surface area is 153 Å². The van der Waals surface area contributed by atoms with Crippen molar-refractivity contribution in [3.8, 4) is 0 Å². The number of amides is 1. The van der Waals surface area contributed by atoms with E-state index in [1.165, 1.54) is 43.0 Å². The predicted molar refractivity (Wildman–Crippen MR) is 95.6 cm³/mol. The van der Waals surface area contributed by atoms with Gasteiger partial charge in [0, 0.05) is 10.5 Å². The Morgan fingerprint density at radius 2 is 1.88 bits per heavy atom. The molecule has 0 spiro atoms. The summed E-state index contributed by atoms with van der Waals surface area (Å²) >= 11 is 1.29. The van der Waals surface area contributed by atoms with E-state index in [2.05, 4.69) is 5.32 Å². The molecule has 2 atom stereocenters. The van der Waals surface area contributed by atoms with Crippen molar-refractivity contribution in [2.75, 3.05) is 5.32 Å². The van der Waals surface area contributed by atoms with Gasteiger partial charge >= 0.3 is 5.97 Å². The molecular formula is C19H16FNO4S. The topological polar surface area (TPSA) is 72.5 Å². The normalized spacial score (nSPS) is 17.0. The van der Waals surface area contributed by atoms with Gasteiger partial charge in [0.05, 0.1) is 17.4 Å². The molecule has 1 heterocycles. The quantitative estimate of drug-likeness (QED) is 0.642. The molecule has 26 heavy (non-hydrogen) atoms. The molecule has 1 aliphatic heterocycles. The van der Waals surface area contributed by atoms with E-state index in [4.69, 9.17) is 4.74 Å². The number of benzene rings is 2. The molecule has 0 radical (unpaired) electrons. The number of para-hydroxylation sites is 1. The van der Waals surface area contributed by atoms with E-state index in [0.29, 0.717) is 5.69 Å². The van der Waals surface area contributed by atoms with Crippen molar-refractivity contribution in [3.05, 3.63) is 59.9 Å². The van der Waals surface area contributed by atoms with E-state index in [0.717, 1.165) is 4.90 Å². The lowest BCUT2D eigenvalue weighted by molar-refractivity contribution is -0.147. The second-order valence-corrected chi connectivity index (χ2v) is 7.04. The van der Waals surface area contributed by atoms with Crippen LogP contribution in [-0.4, -0.2) is 29.0 Å². The van der Waals surface area contributed by atoms with E-state index >= 15 is 0 Å². The summed E-state index contributed by atoms with van der Waals surface area (Å²) in [6.07, 6.45) is -1.16. The molecule has 0 saturated carbocycles. The second-order valence-electron chi connectivity index (χ2n) is 5.80. The molecule has 5 nitrogen and oxygen atoms in total. The van der Waals surface area contributed by atoms with Crippen LogP contribution in [0, 0.1) is 5.82 Å². The van der Waals surface area contributed by atoms with Crippen molar-refractivity contribution >= 4 is 35.1 Å². The van der Waals surface area contributed by atoms with Crippen molar-refractivity contribution in [3.63, 3.8) is 0 Å². The van der Waals surface area contributed by atoms with Gasteiger partial charge in [0.2, 0.25) is 11.7 Å². The van der Waals surface area contributed by atoms with Crippen LogP contribution in [-0.2, 0) is 14.3 Å². The van der Waals surface area contributed by atoms with Crippen molar-refractivity contribution in [2.45, 2.75) is 29.6 Å².